The fourth-order valence-electron chi connectivity index (χ4n) is 5.07. The third-order valence-electron chi connectivity index (χ3n) is 7.08. The van der Waals surface area contributed by atoms with E-state index in [1.54, 1.807) is 0 Å². The first-order chi connectivity index (χ1) is 19.0. The van der Waals surface area contributed by atoms with E-state index in [1.165, 1.54) is 29.3 Å². The van der Waals surface area contributed by atoms with Crippen LogP contribution in [0.4, 0.5) is 5.69 Å². The highest BCUT2D eigenvalue weighted by Crippen LogP contribution is 2.39. The van der Waals surface area contributed by atoms with Gasteiger partial charge >= 0.3 is 0 Å². The van der Waals surface area contributed by atoms with Crippen molar-refractivity contribution in [1.29, 1.82) is 0 Å². The summed E-state index contributed by atoms with van der Waals surface area (Å²) in [6.45, 7) is 7.09. The number of benzene rings is 3. The summed E-state index contributed by atoms with van der Waals surface area (Å²) in [7, 11) is 0. The molecule has 0 radical (unpaired) electrons. The summed E-state index contributed by atoms with van der Waals surface area (Å²) in [5.74, 6) is 1.40. The highest BCUT2D eigenvalue weighted by molar-refractivity contribution is 8.18. The molecule has 1 saturated carbocycles. The van der Waals surface area contributed by atoms with Gasteiger partial charge in [0.05, 0.1) is 17.2 Å². The molecule has 0 N–H and O–H groups in total. The molecule has 3 aromatic rings. The Kier molecular flexibility index (Phi) is 8.72. The predicted molar refractivity (Wildman–Crippen MR) is 161 cm³/mol. The summed E-state index contributed by atoms with van der Waals surface area (Å²) in [4.78, 5) is 21.3. The molecule has 1 saturated heterocycles. The number of nitrogens with zero attached hydrogens (tertiary/aromatic N) is 2. The molecule has 39 heavy (non-hydrogen) atoms. The molecule has 1 aliphatic carbocycles. The number of amides is 1. The molecule has 0 unspecified atom stereocenters. The average Bonchev–Trinajstić information content (AvgIpc) is 3.24. The third-order valence-corrected chi connectivity index (χ3v) is 8.06. The molecule has 1 heterocycles. The van der Waals surface area contributed by atoms with Crippen LogP contribution in [0.2, 0.25) is 0 Å². The Morgan fingerprint density at radius 1 is 0.923 bits per heavy atom. The molecule has 2 fully saturated rings. The van der Waals surface area contributed by atoms with Crippen molar-refractivity contribution >= 4 is 34.6 Å². The highest BCUT2D eigenvalue weighted by Gasteiger charge is 2.38. The van der Waals surface area contributed by atoms with Crippen molar-refractivity contribution in [1.82, 2.24) is 4.90 Å². The molecule has 0 spiro atoms. The minimum atomic E-state index is 0.0375. The van der Waals surface area contributed by atoms with Crippen LogP contribution in [-0.2, 0) is 11.4 Å². The van der Waals surface area contributed by atoms with Gasteiger partial charge in [-0.3, -0.25) is 9.69 Å². The molecule has 202 valence electrons. The van der Waals surface area contributed by atoms with Gasteiger partial charge in [-0.1, -0.05) is 72.9 Å². The lowest BCUT2D eigenvalue weighted by Crippen LogP contribution is -2.40. The number of hydrogen-bond acceptors (Lipinski definition) is 5. The summed E-state index contributed by atoms with van der Waals surface area (Å²) in [6, 6.07) is 22.5. The van der Waals surface area contributed by atoms with E-state index in [9.17, 15) is 4.79 Å². The maximum Gasteiger partial charge on any atom is 0.267 e. The zero-order valence-electron chi connectivity index (χ0n) is 23.0. The first-order valence-electron chi connectivity index (χ1n) is 13.8. The largest absolute Gasteiger partial charge is 0.490 e. The molecule has 1 amide bonds. The molecule has 5 nitrogen and oxygen atoms in total. The number of aryl methyl sites for hydroxylation is 2. The van der Waals surface area contributed by atoms with Gasteiger partial charge in [0.25, 0.3) is 5.91 Å². The van der Waals surface area contributed by atoms with E-state index in [0.29, 0.717) is 29.6 Å². The summed E-state index contributed by atoms with van der Waals surface area (Å²) in [5.41, 5.74) is 5.27. The number of thioether (sulfide) groups is 1. The summed E-state index contributed by atoms with van der Waals surface area (Å²) < 4.78 is 12.0. The van der Waals surface area contributed by atoms with E-state index in [4.69, 9.17) is 14.5 Å². The zero-order valence-corrected chi connectivity index (χ0v) is 23.8. The fraction of sp³-hybridized carbons (Fsp3) is 0.333. The van der Waals surface area contributed by atoms with Crippen LogP contribution in [0.15, 0.2) is 76.6 Å². The van der Waals surface area contributed by atoms with Crippen molar-refractivity contribution < 1.29 is 14.3 Å². The van der Waals surface area contributed by atoms with Gasteiger partial charge in [0.2, 0.25) is 0 Å². The van der Waals surface area contributed by atoms with E-state index in [0.717, 1.165) is 47.7 Å². The van der Waals surface area contributed by atoms with Gasteiger partial charge in [0.1, 0.15) is 6.61 Å². The number of ether oxygens (including phenoxy) is 2. The van der Waals surface area contributed by atoms with Crippen LogP contribution in [0.5, 0.6) is 11.5 Å². The second kappa shape index (κ2) is 12.6. The Morgan fingerprint density at radius 2 is 1.72 bits per heavy atom. The van der Waals surface area contributed by atoms with E-state index < -0.39 is 0 Å². The Balaban J connectivity index is 1.41. The van der Waals surface area contributed by atoms with Gasteiger partial charge in [-0.15, -0.1) is 0 Å². The Labute approximate surface area is 235 Å². The molecule has 6 heteroatoms. The van der Waals surface area contributed by atoms with Gasteiger partial charge in [-0.25, -0.2) is 4.99 Å². The molecular formula is C33H36N2O3S. The van der Waals surface area contributed by atoms with Gasteiger partial charge in [-0.05, 0) is 86.8 Å². The normalized spacial score (nSPS) is 18.2. The topological polar surface area (TPSA) is 51.1 Å². The van der Waals surface area contributed by atoms with E-state index in [-0.39, 0.29) is 11.9 Å². The van der Waals surface area contributed by atoms with Crippen molar-refractivity contribution in [2.75, 3.05) is 6.61 Å². The van der Waals surface area contributed by atoms with Crippen LogP contribution >= 0.6 is 11.8 Å². The number of rotatable bonds is 8. The smallest absolute Gasteiger partial charge is 0.267 e. The number of aliphatic imine (C=N–C) groups is 1. The molecule has 3 aromatic carbocycles. The average molecular weight is 541 g/mol. The van der Waals surface area contributed by atoms with Crippen LogP contribution in [0.3, 0.4) is 0 Å². The fourth-order valence-corrected chi connectivity index (χ4v) is 6.13. The quantitative estimate of drug-likeness (QED) is 0.270. The minimum Gasteiger partial charge on any atom is -0.490 e. The highest BCUT2D eigenvalue weighted by atomic mass is 32.2. The van der Waals surface area contributed by atoms with E-state index >= 15 is 0 Å². The zero-order chi connectivity index (χ0) is 27.2. The minimum absolute atomic E-state index is 0.0375. The van der Waals surface area contributed by atoms with E-state index in [2.05, 4.69) is 44.2 Å². The summed E-state index contributed by atoms with van der Waals surface area (Å²) in [6.07, 6.45) is 7.53. The lowest BCUT2D eigenvalue weighted by Gasteiger charge is -2.30. The first-order valence-corrected chi connectivity index (χ1v) is 14.7. The number of hydrogen-bond donors (Lipinski definition) is 0. The van der Waals surface area contributed by atoms with Gasteiger partial charge in [0.15, 0.2) is 16.7 Å². The third kappa shape index (κ3) is 6.74. The van der Waals surface area contributed by atoms with Crippen molar-refractivity contribution in [3.05, 3.63) is 93.9 Å². The monoisotopic (exact) mass is 540 g/mol. The van der Waals surface area contributed by atoms with Gasteiger partial charge in [0, 0.05) is 6.04 Å². The maximum absolute atomic E-state index is 13.7. The lowest BCUT2D eigenvalue weighted by atomic mass is 9.94. The van der Waals surface area contributed by atoms with Crippen molar-refractivity contribution in [2.45, 2.75) is 65.5 Å². The van der Waals surface area contributed by atoms with Gasteiger partial charge < -0.3 is 9.47 Å². The Morgan fingerprint density at radius 3 is 2.46 bits per heavy atom. The molecule has 0 atom stereocenters. The second-order valence-corrected chi connectivity index (χ2v) is 11.2. The number of carbonyl (C=O) groups is 1. The van der Waals surface area contributed by atoms with Crippen LogP contribution in [-0.4, -0.2) is 28.6 Å². The molecule has 5 rings (SSSR count). The maximum atomic E-state index is 13.7. The van der Waals surface area contributed by atoms with Gasteiger partial charge in [-0.2, -0.15) is 0 Å². The van der Waals surface area contributed by atoms with Crippen LogP contribution < -0.4 is 9.47 Å². The van der Waals surface area contributed by atoms with Crippen molar-refractivity contribution in [3.63, 3.8) is 0 Å². The summed E-state index contributed by atoms with van der Waals surface area (Å²) in [5, 5.41) is 0.769. The standard InChI is InChI=1S/C33H36N2O3S/c1-4-37-30-20-25(15-18-29(30)38-22-26-10-8-9-24(3)19-26)21-31-32(36)35(28-11-6-5-7-12-28)33(39-31)34-27-16-13-23(2)14-17-27/h8-10,13-21,28H,4-7,11-12,22H2,1-3H3/b31-21+,34-33?. The molecule has 0 aromatic heterocycles. The van der Waals surface area contributed by atoms with Crippen molar-refractivity contribution in [3.8, 4) is 11.5 Å². The van der Waals surface area contributed by atoms with Crippen LogP contribution in [0, 0.1) is 13.8 Å². The SMILES string of the molecule is CCOc1cc(/C=C2/SC(=Nc3ccc(C)cc3)N(C3CCCCC3)C2=O)ccc1OCc1cccc(C)c1. The van der Waals surface area contributed by atoms with Crippen LogP contribution in [0.25, 0.3) is 6.08 Å². The van der Waals surface area contributed by atoms with Crippen molar-refractivity contribution in [2.24, 2.45) is 4.99 Å². The number of carbonyl (C=O) groups excluding carboxylic acids is 1. The van der Waals surface area contributed by atoms with E-state index in [1.807, 2.05) is 54.3 Å². The number of amidine groups is 1. The molecule has 2 aliphatic rings. The Hall–Kier alpha value is -3.51. The first kappa shape index (κ1) is 27.1. The molecule has 0 bridgehead atoms. The lowest BCUT2D eigenvalue weighted by molar-refractivity contribution is -0.124. The molecule has 1 aliphatic heterocycles. The second-order valence-electron chi connectivity index (χ2n) is 10.2. The Bertz CT molecular complexity index is 1370. The van der Waals surface area contributed by atoms with Crippen LogP contribution in [0.1, 0.15) is 61.3 Å². The predicted octanol–water partition coefficient (Wildman–Crippen LogP) is 8.22. The molecular weight excluding hydrogens is 504 g/mol. The summed E-state index contributed by atoms with van der Waals surface area (Å²) >= 11 is 1.46.